The number of para-hydroxylation sites is 1. The highest BCUT2D eigenvalue weighted by atomic mass is 16.5. The normalized spacial score (nSPS) is 15.6. The monoisotopic (exact) mass is 479 g/mol. The van der Waals surface area contributed by atoms with E-state index in [1.165, 1.54) is 13.3 Å². The van der Waals surface area contributed by atoms with E-state index in [9.17, 15) is 4.79 Å². The summed E-state index contributed by atoms with van der Waals surface area (Å²) in [5, 5.41) is 0. The standard InChI is InChI=1S/C25H29N5O5/c1-32-16-17-15-29(20-13-28-24(26)12-21(20)33-2)9-10-30(17)25(31)19-11-22(34-3)23(14-27-19)35-18-7-5-4-6-8-18/h4-8,11-14,17H,9-10,15-16H2,1-3H3,(H2,26,28)/t17-/m1/s1. The van der Waals surface area contributed by atoms with Crippen molar-refractivity contribution < 1.29 is 23.7 Å². The van der Waals surface area contributed by atoms with Crippen LogP contribution in [0.15, 0.2) is 54.9 Å². The molecular weight excluding hydrogens is 450 g/mol. The molecule has 10 heteroatoms. The fraction of sp³-hybridized carbons (Fsp3) is 0.320. The number of nitrogen functional groups attached to an aromatic ring is 1. The van der Waals surface area contributed by atoms with Crippen molar-refractivity contribution in [1.29, 1.82) is 0 Å². The predicted molar refractivity (Wildman–Crippen MR) is 131 cm³/mol. The third kappa shape index (κ3) is 5.38. The van der Waals surface area contributed by atoms with Crippen LogP contribution in [0.25, 0.3) is 0 Å². The van der Waals surface area contributed by atoms with Crippen LogP contribution in [0.1, 0.15) is 10.5 Å². The van der Waals surface area contributed by atoms with Gasteiger partial charge in [-0.25, -0.2) is 9.97 Å². The minimum absolute atomic E-state index is 0.210. The van der Waals surface area contributed by atoms with Crippen LogP contribution in [0, 0.1) is 0 Å². The molecule has 184 valence electrons. The molecule has 2 N–H and O–H groups in total. The number of hydrogen-bond donors (Lipinski definition) is 1. The maximum absolute atomic E-state index is 13.5. The Morgan fingerprint density at radius 2 is 1.77 bits per heavy atom. The summed E-state index contributed by atoms with van der Waals surface area (Å²) in [7, 11) is 4.74. The first kappa shape index (κ1) is 24.1. The second-order valence-electron chi connectivity index (χ2n) is 7.97. The number of piperazine rings is 1. The Kier molecular flexibility index (Phi) is 7.51. The van der Waals surface area contributed by atoms with Crippen molar-refractivity contribution in [2.45, 2.75) is 6.04 Å². The molecule has 1 fully saturated rings. The van der Waals surface area contributed by atoms with Gasteiger partial charge in [0, 0.05) is 38.9 Å². The van der Waals surface area contributed by atoms with Crippen LogP contribution in [0.5, 0.6) is 23.0 Å². The van der Waals surface area contributed by atoms with Gasteiger partial charge in [-0.15, -0.1) is 0 Å². The van der Waals surface area contributed by atoms with Gasteiger partial charge in [-0.2, -0.15) is 0 Å². The summed E-state index contributed by atoms with van der Waals surface area (Å²) in [6.45, 7) is 1.94. The molecule has 0 aliphatic carbocycles. The Balaban J connectivity index is 1.53. The lowest BCUT2D eigenvalue weighted by atomic mass is 10.1. The second-order valence-corrected chi connectivity index (χ2v) is 7.97. The molecule has 3 heterocycles. The van der Waals surface area contributed by atoms with E-state index in [1.807, 2.05) is 30.3 Å². The van der Waals surface area contributed by atoms with Gasteiger partial charge in [-0.3, -0.25) is 4.79 Å². The highest BCUT2D eigenvalue weighted by Crippen LogP contribution is 2.33. The highest BCUT2D eigenvalue weighted by Gasteiger charge is 2.33. The molecule has 1 amide bonds. The molecule has 0 spiro atoms. The van der Waals surface area contributed by atoms with Crippen LogP contribution >= 0.6 is 0 Å². The third-order valence-electron chi connectivity index (χ3n) is 5.77. The largest absolute Gasteiger partial charge is 0.494 e. The number of methoxy groups -OCH3 is 3. The van der Waals surface area contributed by atoms with Crippen LogP contribution in [0.4, 0.5) is 11.5 Å². The number of ether oxygens (including phenoxy) is 4. The number of nitrogens with two attached hydrogens (primary N) is 1. The van der Waals surface area contributed by atoms with Crippen molar-refractivity contribution in [1.82, 2.24) is 14.9 Å². The van der Waals surface area contributed by atoms with Crippen LogP contribution in [0.3, 0.4) is 0 Å². The SMILES string of the molecule is COC[C@H]1CN(c2cnc(N)cc2OC)CCN1C(=O)c1cc(OC)c(Oc2ccccc2)cn1. The van der Waals surface area contributed by atoms with E-state index in [2.05, 4.69) is 14.9 Å². The Labute approximate surface area is 204 Å². The quantitative estimate of drug-likeness (QED) is 0.521. The van der Waals surface area contributed by atoms with Gasteiger partial charge in [0.05, 0.1) is 44.9 Å². The maximum Gasteiger partial charge on any atom is 0.273 e. The molecule has 1 aliphatic rings. The lowest BCUT2D eigenvalue weighted by Crippen LogP contribution is -2.57. The molecule has 1 aromatic carbocycles. The molecule has 3 aromatic rings. The van der Waals surface area contributed by atoms with Crippen molar-refractivity contribution >= 4 is 17.4 Å². The lowest BCUT2D eigenvalue weighted by Gasteiger charge is -2.42. The molecule has 35 heavy (non-hydrogen) atoms. The first-order valence-corrected chi connectivity index (χ1v) is 11.1. The van der Waals surface area contributed by atoms with Crippen LogP contribution in [-0.4, -0.2) is 74.4 Å². The Bertz CT molecular complexity index is 1160. The molecule has 4 rings (SSSR count). The number of hydrogen-bond acceptors (Lipinski definition) is 9. The summed E-state index contributed by atoms with van der Waals surface area (Å²) in [5.74, 6) is 2.30. The molecule has 0 saturated carbocycles. The Hall–Kier alpha value is -4.05. The van der Waals surface area contributed by atoms with Crippen molar-refractivity contribution in [3.63, 3.8) is 0 Å². The van der Waals surface area contributed by atoms with Crippen LogP contribution in [-0.2, 0) is 4.74 Å². The van der Waals surface area contributed by atoms with Gasteiger partial charge >= 0.3 is 0 Å². The molecule has 0 bridgehead atoms. The molecule has 1 saturated heterocycles. The van der Waals surface area contributed by atoms with Gasteiger partial charge in [-0.1, -0.05) is 18.2 Å². The zero-order chi connectivity index (χ0) is 24.8. The van der Waals surface area contributed by atoms with Crippen molar-refractivity contribution in [3.05, 3.63) is 60.6 Å². The smallest absolute Gasteiger partial charge is 0.273 e. The first-order chi connectivity index (χ1) is 17.0. The van der Waals surface area contributed by atoms with E-state index in [4.69, 9.17) is 24.7 Å². The molecule has 0 radical (unpaired) electrons. The van der Waals surface area contributed by atoms with E-state index < -0.39 is 0 Å². The summed E-state index contributed by atoms with van der Waals surface area (Å²) >= 11 is 0. The predicted octanol–water partition coefficient (Wildman–Crippen LogP) is 2.85. The van der Waals surface area contributed by atoms with E-state index in [-0.39, 0.29) is 17.6 Å². The zero-order valence-electron chi connectivity index (χ0n) is 20.0. The molecule has 1 atom stereocenters. The Morgan fingerprint density at radius 3 is 2.49 bits per heavy atom. The van der Waals surface area contributed by atoms with Gasteiger partial charge in [-0.05, 0) is 12.1 Å². The average molecular weight is 480 g/mol. The second kappa shape index (κ2) is 10.9. The fourth-order valence-corrected chi connectivity index (χ4v) is 4.06. The van der Waals surface area contributed by atoms with E-state index in [0.29, 0.717) is 55.1 Å². The number of carbonyl (C=O) groups excluding carboxylic acids is 1. The van der Waals surface area contributed by atoms with Crippen molar-refractivity contribution in [3.8, 4) is 23.0 Å². The number of anilines is 2. The highest BCUT2D eigenvalue weighted by molar-refractivity contribution is 5.93. The summed E-state index contributed by atoms with van der Waals surface area (Å²) in [6, 6.07) is 12.4. The summed E-state index contributed by atoms with van der Waals surface area (Å²) in [6.07, 6.45) is 3.19. The van der Waals surface area contributed by atoms with E-state index in [0.717, 1.165) is 5.69 Å². The van der Waals surface area contributed by atoms with Gasteiger partial charge in [0.2, 0.25) is 0 Å². The molecule has 2 aromatic heterocycles. The van der Waals surface area contributed by atoms with Gasteiger partial charge in [0.1, 0.15) is 23.0 Å². The molecule has 0 unspecified atom stereocenters. The van der Waals surface area contributed by atoms with Gasteiger partial charge in [0.15, 0.2) is 11.5 Å². The first-order valence-electron chi connectivity index (χ1n) is 11.1. The summed E-state index contributed by atoms with van der Waals surface area (Å²) in [4.78, 5) is 25.9. The number of carbonyl (C=O) groups is 1. The number of aromatic nitrogens is 2. The van der Waals surface area contributed by atoms with Crippen LogP contribution in [0.2, 0.25) is 0 Å². The maximum atomic E-state index is 13.5. The average Bonchev–Trinajstić information content (AvgIpc) is 2.89. The van der Waals surface area contributed by atoms with Gasteiger partial charge < -0.3 is 34.5 Å². The number of rotatable bonds is 8. The number of nitrogens with zero attached hydrogens (tertiary/aromatic N) is 4. The van der Waals surface area contributed by atoms with Gasteiger partial charge in [0.25, 0.3) is 5.91 Å². The number of pyridine rings is 2. The van der Waals surface area contributed by atoms with Crippen molar-refractivity contribution in [2.24, 2.45) is 0 Å². The van der Waals surface area contributed by atoms with E-state index in [1.54, 1.807) is 37.4 Å². The van der Waals surface area contributed by atoms with Crippen molar-refractivity contribution in [2.75, 3.05) is 58.2 Å². The molecule has 10 nitrogen and oxygen atoms in total. The minimum Gasteiger partial charge on any atom is -0.494 e. The number of benzene rings is 1. The molecular formula is C25H29N5O5. The van der Waals surface area contributed by atoms with E-state index >= 15 is 0 Å². The lowest BCUT2D eigenvalue weighted by molar-refractivity contribution is 0.0494. The molecule has 1 aliphatic heterocycles. The minimum atomic E-state index is -0.212. The summed E-state index contributed by atoms with van der Waals surface area (Å²) in [5.41, 5.74) is 6.89. The fourth-order valence-electron chi connectivity index (χ4n) is 4.06. The zero-order valence-corrected chi connectivity index (χ0v) is 20.0. The van der Waals surface area contributed by atoms with Crippen LogP contribution < -0.4 is 24.8 Å². The number of amides is 1. The Morgan fingerprint density at radius 1 is 1.00 bits per heavy atom. The third-order valence-corrected chi connectivity index (χ3v) is 5.77. The summed E-state index contributed by atoms with van der Waals surface area (Å²) < 4.78 is 22.3. The topological polar surface area (TPSA) is 112 Å².